The lowest BCUT2D eigenvalue weighted by Crippen LogP contribution is -2.48. The highest BCUT2D eigenvalue weighted by Gasteiger charge is 2.66. The first-order valence-corrected chi connectivity index (χ1v) is 22.1. The Morgan fingerprint density at radius 2 is 1.76 bits per heavy atom. The molecule has 4 aliphatic rings. The maximum atomic E-state index is 15.0. The van der Waals surface area contributed by atoms with Gasteiger partial charge in [-0.05, 0) is 79.4 Å². The van der Waals surface area contributed by atoms with Gasteiger partial charge in [-0.1, -0.05) is 72.1 Å². The Morgan fingerprint density at radius 1 is 1.00 bits per heavy atom. The van der Waals surface area contributed by atoms with E-state index in [1.165, 1.54) is 0 Å². The number of carbonyl (C=O) groups is 3. The standard InChI is InChI=1S/C40H48BrN3O6Si/c1-26-38(51(2,3)49)35(22-37(47)43-24-29-13-8-7-12-28(29)20-32(43)25-45)50-40(26)33-21-30(41)16-17-34(33)44(39(40)48)23-27-11-10-14-31(19-27)42-18-9-5-4-6-15-36(42)46/h7-8,10-14,16-17,19,21,26,32,35,38,45,49H,4-6,9,15,18,20,22-25H2,1-3H3/t26-,32+,35+,38-,40+/m1/s1. The first kappa shape index (κ1) is 36.0. The largest absolute Gasteiger partial charge is 0.432 e. The van der Waals surface area contributed by atoms with E-state index < -0.39 is 31.5 Å². The van der Waals surface area contributed by atoms with Gasteiger partial charge in [-0.2, -0.15) is 0 Å². The average molecular weight is 775 g/mol. The van der Waals surface area contributed by atoms with E-state index in [-0.39, 0.29) is 43.3 Å². The van der Waals surface area contributed by atoms with Gasteiger partial charge in [0.15, 0.2) is 13.9 Å². The molecule has 4 heterocycles. The fraction of sp³-hybridized carbons (Fsp3) is 0.475. The van der Waals surface area contributed by atoms with E-state index in [0.29, 0.717) is 25.9 Å². The van der Waals surface area contributed by atoms with Crippen LogP contribution >= 0.6 is 15.9 Å². The molecule has 3 aromatic rings. The van der Waals surface area contributed by atoms with Crippen LogP contribution in [0.15, 0.2) is 71.2 Å². The summed E-state index contributed by atoms with van der Waals surface area (Å²) in [6.07, 6.45) is 4.44. The SMILES string of the molecule is C[C@@H]1[C@@H]([Si](C)(C)O)[C@H](CC(=O)N2Cc3ccccc3C[C@H]2CO)O[C@@]12C(=O)N(Cc1cccc(N3CCCCCCC3=O)c1)c1ccc(Br)cc12. The molecular formula is C40H48BrN3O6Si. The summed E-state index contributed by atoms with van der Waals surface area (Å²) in [6.45, 7) is 6.90. The molecule has 11 heteroatoms. The number of aliphatic hydroxyl groups is 1. The number of halogens is 1. The lowest BCUT2D eigenvalue weighted by Gasteiger charge is -2.37. The van der Waals surface area contributed by atoms with E-state index in [2.05, 4.69) is 15.9 Å². The number of anilines is 2. The number of benzene rings is 3. The third-order valence-electron chi connectivity index (χ3n) is 11.6. The molecule has 4 aliphatic heterocycles. The molecule has 0 saturated carbocycles. The van der Waals surface area contributed by atoms with Gasteiger partial charge in [0, 0.05) is 46.7 Å². The fourth-order valence-corrected chi connectivity index (χ4v) is 12.1. The summed E-state index contributed by atoms with van der Waals surface area (Å²) in [5.41, 5.74) is 3.57. The zero-order chi connectivity index (χ0) is 36.1. The topological polar surface area (TPSA) is 111 Å². The third-order valence-corrected chi connectivity index (χ3v) is 14.6. The van der Waals surface area contributed by atoms with Crippen LogP contribution in [0.4, 0.5) is 11.4 Å². The second-order valence-electron chi connectivity index (χ2n) is 15.3. The summed E-state index contributed by atoms with van der Waals surface area (Å²) in [4.78, 5) is 59.4. The van der Waals surface area contributed by atoms with Crippen LogP contribution in [0.1, 0.15) is 67.7 Å². The Hall–Kier alpha value is -3.35. The summed E-state index contributed by atoms with van der Waals surface area (Å²) >= 11 is 3.64. The molecule has 7 rings (SSSR count). The maximum Gasteiger partial charge on any atom is 0.264 e. The minimum atomic E-state index is -3.01. The van der Waals surface area contributed by atoms with Crippen LogP contribution in [-0.4, -0.2) is 66.1 Å². The molecule has 0 aromatic heterocycles. The van der Waals surface area contributed by atoms with E-state index in [4.69, 9.17) is 4.74 Å². The molecular weight excluding hydrogens is 726 g/mol. The molecule has 3 aromatic carbocycles. The van der Waals surface area contributed by atoms with Gasteiger partial charge in [0.25, 0.3) is 5.91 Å². The molecule has 0 aliphatic carbocycles. The van der Waals surface area contributed by atoms with Crippen molar-refractivity contribution in [1.29, 1.82) is 0 Å². The van der Waals surface area contributed by atoms with Gasteiger partial charge in [0.05, 0.1) is 37.4 Å². The van der Waals surface area contributed by atoms with E-state index in [9.17, 15) is 19.5 Å². The second kappa shape index (κ2) is 14.2. The van der Waals surface area contributed by atoms with Crippen molar-refractivity contribution < 1.29 is 29.0 Å². The number of fused-ring (bicyclic) bond motifs is 3. The molecule has 51 heavy (non-hydrogen) atoms. The minimum Gasteiger partial charge on any atom is -0.432 e. The minimum absolute atomic E-state index is 0.00502. The first-order chi connectivity index (χ1) is 24.4. The normalized spacial score (nSPS) is 26.7. The van der Waals surface area contributed by atoms with Crippen LogP contribution in [-0.2, 0) is 44.2 Å². The van der Waals surface area contributed by atoms with Crippen molar-refractivity contribution in [3.63, 3.8) is 0 Å². The summed E-state index contributed by atoms with van der Waals surface area (Å²) in [6, 6.07) is 21.3. The van der Waals surface area contributed by atoms with Gasteiger partial charge in [0.2, 0.25) is 11.8 Å². The van der Waals surface area contributed by atoms with Crippen LogP contribution in [0.2, 0.25) is 18.6 Å². The molecule has 0 unspecified atom stereocenters. The van der Waals surface area contributed by atoms with Gasteiger partial charge in [-0.3, -0.25) is 14.4 Å². The van der Waals surface area contributed by atoms with Gasteiger partial charge in [-0.25, -0.2) is 0 Å². The Labute approximate surface area is 309 Å². The van der Waals surface area contributed by atoms with E-state index in [1.807, 2.05) is 91.6 Å². The van der Waals surface area contributed by atoms with Crippen LogP contribution in [0.5, 0.6) is 0 Å². The van der Waals surface area contributed by atoms with Crippen molar-refractivity contribution in [3.05, 3.63) is 93.5 Å². The number of rotatable bonds is 7. The number of carbonyl (C=O) groups excluding carboxylic acids is 3. The fourth-order valence-electron chi connectivity index (χ4n) is 9.18. The van der Waals surface area contributed by atoms with E-state index >= 15 is 4.79 Å². The molecule has 2 saturated heterocycles. The van der Waals surface area contributed by atoms with Gasteiger partial charge in [0.1, 0.15) is 0 Å². The van der Waals surface area contributed by atoms with Crippen molar-refractivity contribution in [2.75, 3.05) is 23.0 Å². The Kier molecular flexibility index (Phi) is 10.1. The molecule has 2 N–H and O–H groups in total. The lowest BCUT2D eigenvalue weighted by atomic mass is 9.82. The molecule has 9 nitrogen and oxygen atoms in total. The van der Waals surface area contributed by atoms with Crippen LogP contribution in [0, 0.1) is 5.92 Å². The Balaban J connectivity index is 1.20. The van der Waals surface area contributed by atoms with Crippen LogP contribution in [0.25, 0.3) is 0 Å². The van der Waals surface area contributed by atoms with Crippen molar-refractivity contribution in [1.82, 2.24) is 4.90 Å². The molecule has 1 spiro atoms. The predicted molar refractivity (Wildman–Crippen MR) is 203 cm³/mol. The zero-order valence-corrected chi connectivity index (χ0v) is 32.3. The van der Waals surface area contributed by atoms with Crippen LogP contribution < -0.4 is 9.80 Å². The van der Waals surface area contributed by atoms with Gasteiger partial charge in [-0.15, -0.1) is 0 Å². The lowest BCUT2D eigenvalue weighted by molar-refractivity contribution is -0.151. The summed E-state index contributed by atoms with van der Waals surface area (Å²) in [7, 11) is -3.01. The molecule has 2 fully saturated rings. The molecule has 0 bridgehead atoms. The molecule has 5 atom stereocenters. The number of hydrogen-bond donors (Lipinski definition) is 2. The summed E-state index contributed by atoms with van der Waals surface area (Å²) < 4.78 is 7.79. The smallest absolute Gasteiger partial charge is 0.264 e. The van der Waals surface area contributed by atoms with Crippen molar-refractivity contribution in [3.8, 4) is 0 Å². The quantitative estimate of drug-likeness (QED) is 0.268. The zero-order valence-electron chi connectivity index (χ0n) is 29.7. The summed E-state index contributed by atoms with van der Waals surface area (Å²) in [5, 5.41) is 10.3. The highest BCUT2D eigenvalue weighted by Crippen LogP contribution is 2.60. The molecule has 3 amide bonds. The van der Waals surface area contributed by atoms with Crippen LogP contribution in [0.3, 0.4) is 0 Å². The van der Waals surface area contributed by atoms with Gasteiger partial charge >= 0.3 is 0 Å². The number of nitrogens with zero attached hydrogens (tertiary/aromatic N) is 3. The van der Waals surface area contributed by atoms with E-state index in [0.717, 1.165) is 63.8 Å². The van der Waals surface area contributed by atoms with Crippen molar-refractivity contribution in [2.45, 2.75) is 101 Å². The van der Waals surface area contributed by atoms with Crippen molar-refractivity contribution in [2.24, 2.45) is 5.92 Å². The molecule has 0 radical (unpaired) electrons. The second-order valence-corrected chi connectivity index (χ2v) is 20.2. The Bertz CT molecular complexity index is 1830. The van der Waals surface area contributed by atoms with E-state index in [1.54, 1.807) is 9.80 Å². The number of amides is 3. The molecule has 270 valence electrons. The first-order valence-electron chi connectivity index (χ1n) is 18.3. The Morgan fingerprint density at radius 3 is 2.53 bits per heavy atom. The monoisotopic (exact) mass is 773 g/mol. The number of aliphatic hydroxyl groups excluding tert-OH is 1. The number of hydrogen-bond acceptors (Lipinski definition) is 6. The number of ether oxygens (including phenoxy) is 1. The highest BCUT2D eigenvalue weighted by molar-refractivity contribution is 9.10. The predicted octanol–water partition coefficient (Wildman–Crippen LogP) is 6.43. The van der Waals surface area contributed by atoms with Gasteiger partial charge < -0.3 is 29.3 Å². The van der Waals surface area contributed by atoms with Crippen molar-refractivity contribution >= 4 is 53.3 Å². The third kappa shape index (κ3) is 6.61. The maximum absolute atomic E-state index is 15.0. The summed E-state index contributed by atoms with van der Waals surface area (Å²) in [5.74, 6) is -0.663. The highest BCUT2D eigenvalue weighted by atomic mass is 79.9. The average Bonchev–Trinajstić information content (AvgIpc) is 3.51.